The van der Waals surface area contributed by atoms with Crippen LogP contribution in [0.5, 0.6) is 0 Å². The molecule has 3 rings (SSSR count). The molecule has 0 aromatic carbocycles. The summed E-state index contributed by atoms with van der Waals surface area (Å²) < 4.78 is 0. The molecule has 1 spiro atoms. The maximum Gasteiger partial charge on any atom is 0.346 e. The van der Waals surface area contributed by atoms with Gasteiger partial charge < -0.3 is 5.32 Å². The lowest BCUT2D eigenvalue weighted by molar-refractivity contribution is -0.132. The maximum atomic E-state index is 12.5. The average molecular weight is 291 g/mol. The molecular weight excluding hydrogens is 274 g/mol. The van der Waals surface area contributed by atoms with E-state index in [4.69, 9.17) is 0 Å². The number of thiophene rings is 1. The molecule has 0 radical (unpaired) electrons. The number of hydrogen-bond acceptors (Lipinski definition) is 4. The van der Waals surface area contributed by atoms with Gasteiger partial charge in [0.25, 0.3) is 5.91 Å². The molecule has 1 aromatic heterocycles. The van der Waals surface area contributed by atoms with Crippen LogP contribution < -0.4 is 5.32 Å². The molecule has 1 saturated carbocycles. The molecule has 0 atom stereocenters. The molecule has 1 aliphatic heterocycles. The van der Waals surface area contributed by atoms with Gasteiger partial charge in [-0.1, -0.05) is 19.3 Å². The number of hydrazone groups is 1. The van der Waals surface area contributed by atoms with E-state index in [2.05, 4.69) is 10.4 Å². The standard InChI is InChI=1S/C14H17N3O2S/c1-10-5-8-20-11(10)9-15-17-12(18)14(16-13(17)19)6-3-2-4-7-14/h5,8-9H,2-4,6-7H2,1H3,(H,16,19). The van der Waals surface area contributed by atoms with Crippen molar-refractivity contribution in [3.05, 3.63) is 21.9 Å². The molecule has 2 fully saturated rings. The zero-order valence-electron chi connectivity index (χ0n) is 11.4. The number of amides is 3. The Hall–Kier alpha value is -1.69. The summed E-state index contributed by atoms with van der Waals surface area (Å²) in [5.74, 6) is -0.201. The summed E-state index contributed by atoms with van der Waals surface area (Å²) in [6.45, 7) is 1.98. The summed E-state index contributed by atoms with van der Waals surface area (Å²) >= 11 is 1.54. The van der Waals surface area contributed by atoms with Gasteiger partial charge in [-0.25, -0.2) is 4.79 Å². The topological polar surface area (TPSA) is 61.8 Å². The first-order chi connectivity index (χ1) is 9.62. The lowest BCUT2D eigenvalue weighted by Gasteiger charge is -2.29. The predicted molar refractivity (Wildman–Crippen MR) is 77.8 cm³/mol. The number of rotatable bonds is 2. The molecular formula is C14H17N3O2S. The third-order valence-electron chi connectivity index (χ3n) is 4.04. The number of hydrogen-bond donors (Lipinski definition) is 1. The van der Waals surface area contributed by atoms with Crippen LogP contribution in [0.1, 0.15) is 42.5 Å². The third kappa shape index (κ3) is 2.14. The minimum atomic E-state index is -0.697. The van der Waals surface area contributed by atoms with Crippen LogP contribution in [0, 0.1) is 6.92 Å². The van der Waals surface area contributed by atoms with Gasteiger partial charge in [0.05, 0.1) is 11.1 Å². The maximum absolute atomic E-state index is 12.5. The smallest absolute Gasteiger partial charge is 0.321 e. The van der Waals surface area contributed by atoms with Crippen LogP contribution in [-0.2, 0) is 4.79 Å². The number of imide groups is 1. The van der Waals surface area contributed by atoms with E-state index >= 15 is 0 Å². The van der Waals surface area contributed by atoms with Gasteiger partial charge in [-0.05, 0) is 36.8 Å². The third-order valence-corrected chi connectivity index (χ3v) is 4.99. The number of carbonyl (C=O) groups is 2. The summed E-state index contributed by atoms with van der Waals surface area (Å²) in [6, 6.07) is 1.59. The molecule has 5 nitrogen and oxygen atoms in total. The van der Waals surface area contributed by atoms with E-state index in [9.17, 15) is 9.59 Å². The van der Waals surface area contributed by atoms with E-state index in [1.807, 2.05) is 18.4 Å². The van der Waals surface area contributed by atoms with Crippen molar-refractivity contribution in [3.8, 4) is 0 Å². The normalized spacial score (nSPS) is 21.9. The quantitative estimate of drug-likeness (QED) is 0.672. The van der Waals surface area contributed by atoms with Crippen molar-refractivity contribution in [2.75, 3.05) is 0 Å². The van der Waals surface area contributed by atoms with E-state index in [1.54, 1.807) is 17.6 Å². The van der Waals surface area contributed by atoms with Gasteiger partial charge in [0.2, 0.25) is 0 Å². The van der Waals surface area contributed by atoms with Crippen LogP contribution in [0.15, 0.2) is 16.5 Å². The molecule has 0 bridgehead atoms. The number of aryl methyl sites for hydroxylation is 1. The first-order valence-electron chi connectivity index (χ1n) is 6.87. The summed E-state index contributed by atoms with van der Waals surface area (Å²) in [7, 11) is 0. The number of nitrogens with zero attached hydrogens (tertiary/aromatic N) is 2. The first-order valence-corrected chi connectivity index (χ1v) is 7.75. The van der Waals surface area contributed by atoms with Crippen molar-refractivity contribution < 1.29 is 9.59 Å². The summed E-state index contributed by atoms with van der Waals surface area (Å²) in [5, 5.41) is 9.89. The monoisotopic (exact) mass is 291 g/mol. The highest BCUT2D eigenvalue weighted by Gasteiger charge is 2.51. The molecule has 106 valence electrons. The zero-order valence-corrected chi connectivity index (χ0v) is 12.2. The van der Waals surface area contributed by atoms with Crippen LogP contribution in [-0.4, -0.2) is 28.7 Å². The molecule has 6 heteroatoms. The fourth-order valence-corrected chi connectivity index (χ4v) is 3.61. The zero-order chi connectivity index (χ0) is 14.2. The fraction of sp³-hybridized carbons (Fsp3) is 0.500. The molecule has 2 heterocycles. The van der Waals surface area contributed by atoms with E-state index in [0.29, 0.717) is 0 Å². The lowest BCUT2D eigenvalue weighted by Crippen LogP contribution is -2.48. The first kappa shape index (κ1) is 13.3. The average Bonchev–Trinajstić information content (AvgIpc) is 2.93. The SMILES string of the molecule is Cc1ccsc1C=NN1C(=O)NC2(CCCCC2)C1=O. The Morgan fingerprint density at radius 3 is 2.75 bits per heavy atom. The Balaban J connectivity index is 1.80. The van der Waals surface area contributed by atoms with Crippen LogP contribution in [0.3, 0.4) is 0 Å². The van der Waals surface area contributed by atoms with Gasteiger partial charge in [0.15, 0.2) is 0 Å². The highest BCUT2D eigenvalue weighted by Crippen LogP contribution is 2.33. The van der Waals surface area contributed by atoms with Gasteiger partial charge in [0.1, 0.15) is 5.54 Å². The summed E-state index contributed by atoms with van der Waals surface area (Å²) in [6.07, 6.45) is 6.13. The van der Waals surface area contributed by atoms with Crippen LogP contribution in [0.2, 0.25) is 0 Å². The molecule has 0 unspecified atom stereocenters. The van der Waals surface area contributed by atoms with E-state index < -0.39 is 11.6 Å². The molecule has 3 amide bonds. The van der Waals surface area contributed by atoms with Crippen molar-refractivity contribution in [1.82, 2.24) is 10.3 Å². The van der Waals surface area contributed by atoms with E-state index in [0.717, 1.165) is 47.6 Å². The van der Waals surface area contributed by atoms with Gasteiger partial charge in [-0.3, -0.25) is 4.79 Å². The fourth-order valence-electron chi connectivity index (χ4n) is 2.83. The van der Waals surface area contributed by atoms with Crippen LogP contribution >= 0.6 is 11.3 Å². The van der Waals surface area contributed by atoms with Gasteiger partial charge in [0, 0.05) is 0 Å². The number of urea groups is 1. The Morgan fingerprint density at radius 2 is 2.10 bits per heavy atom. The minimum Gasteiger partial charge on any atom is -0.321 e. The van der Waals surface area contributed by atoms with Crippen molar-refractivity contribution in [3.63, 3.8) is 0 Å². The summed E-state index contributed by atoms with van der Waals surface area (Å²) in [4.78, 5) is 25.4. The second-order valence-electron chi connectivity index (χ2n) is 5.40. The second kappa shape index (κ2) is 5.01. The minimum absolute atomic E-state index is 0.201. The largest absolute Gasteiger partial charge is 0.346 e. The van der Waals surface area contributed by atoms with Crippen molar-refractivity contribution in [2.45, 2.75) is 44.6 Å². The van der Waals surface area contributed by atoms with Gasteiger partial charge in [-0.15, -0.1) is 16.3 Å². The Kier molecular flexibility index (Phi) is 3.33. The van der Waals surface area contributed by atoms with Crippen molar-refractivity contribution >= 4 is 29.5 Å². The highest BCUT2D eigenvalue weighted by atomic mass is 32.1. The van der Waals surface area contributed by atoms with Gasteiger partial charge >= 0.3 is 6.03 Å². The Morgan fingerprint density at radius 1 is 1.35 bits per heavy atom. The predicted octanol–water partition coefficient (Wildman–Crippen LogP) is 2.65. The summed E-state index contributed by atoms with van der Waals surface area (Å²) in [5.41, 5.74) is 0.398. The van der Waals surface area contributed by atoms with E-state index in [-0.39, 0.29) is 5.91 Å². The highest BCUT2D eigenvalue weighted by molar-refractivity contribution is 7.11. The Bertz CT molecular complexity index is 573. The molecule has 1 aromatic rings. The second-order valence-corrected chi connectivity index (χ2v) is 6.35. The Labute approximate surface area is 121 Å². The molecule has 1 saturated heterocycles. The number of nitrogens with one attached hydrogen (secondary N) is 1. The van der Waals surface area contributed by atoms with Crippen LogP contribution in [0.4, 0.5) is 4.79 Å². The molecule has 20 heavy (non-hydrogen) atoms. The lowest BCUT2D eigenvalue weighted by atomic mass is 9.82. The molecule has 1 N–H and O–H groups in total. The number of carbonyl (C=O) groups excluding carboxylic acids is 2. The molecule has 2 aliphatic rings. The van der Waals surface area contributed by atoms with Crippen LogP contribution in [0.25, 0.3) is 0 Å². The van der Waals surface area contributed by atoms with E-state index in [1.165, 1.54) is 0 Å². The van der Waals surface area contributed by atoms with Gasteiger partial charge in [-0.2, -0.15) is 5.10 Å². The molecule has 1 aliphatic carbocycles. The van der Waals surface area contributed by atoms with Crippen molar-refractivity contribution in [2.24, 2.45) is 5.10 Å². The van der Waals surface area contributed by atoms with Crippen molar-refractivity contribution in [1.29, 1.82) is 0 Å².